The summed E-state index contributed by atoms with van der Waals surface area (Å²) < 4.78 is 0. The van der Waals surface area contributed by atoms with Crippen molar-refractivity contribution in [1.29, 1.82) is 0 Å². The van der Waals surface area contributed by atoms with Gasteiger partial charge in [0.05, 0.1) is 0 Å². The summed E-state index contributed by atoms with van der Waals surface area (Å²) in [5.74, 6) is 0. The molecule has 0 N–H and O–H groups in total. The monoisotopic (exact) mass is 395 g/mol. The van der Waals surface area contributed by atoms with Crippen molar-refractivity contribution in [3.8, 4) is 11.4 Å². The van der Waals surface area contributed by atoms with Crippen molar-refractivity contribution in [1.82, 2.24) is 15.2 Å². The van der Waals surface area contributed by atoms with Crippen LogP contribution in [0.4, 0.5) is 0 Å². The molecule has 0 bridgehead atoms. The predicted octanol–water partition coefficient (Wildman–Crippen LogP) is 2.40. The molecular weight excluding hydrogens is 381 g/mol. The Bertz CT molecular complexity index is 443. The Balaban J connectivity index is 0.00000128. The summed E-state index contributed by atoms with van der Waals surface area (Å²) in [5, 5.41) is 8.31. The van der Waals surface area contributed by atoms with Gasteiger partial charge in [0.2, 0.25) is 0 Å². The molecule has 0 saturated heterocycles. The second kappa shape index (κ2) is 4.92. The molecule has 2 rings (SSSR count). The van der Waals surface area contributed by atoms with E-state index in [2.05, 4.69) is 36.0 Å². The topological polar surface area (TPSA) is 39.9 Å². The Morgan fingerprint density at radius 2 is 1.94 bits per heavy atom. The van der Waals surface area contributed by atoms with Crippen LogP contribution in [0.25, 0.3) is 11.4 Å². The van der Waals surface area contributed by atoms with Gasteiger partial charge in [0, 0.05) is 44.1 Å². The third-order valence-corrected chi connectivity index (χ3v) is 2.23. The van der Waals surface area contributed by atoms with Crippen LogP contribution in [0, 0.1) is 0 Å². The van der Waals surface area contributed by atoms with Gasteiger partial charge in [0.1, 0.15) is 0 Å². The Hall–Kier alpha value is -0.952. The third kappa shape index (κ3) is 2.79. The second-order valence-electron chi connectivity index (χ2n) is 4.58. The van der Waals surface area contributed by atoms with Crippen molar-refractivity contribution in [2.75, 3.05) is 0 Å². The van der Waals surface area contributed by atoms with Gasteiger partial charge < -0.3 is 10.2 Å². The van der Waals surface area contributed by atoms with Crippen LogP contribution >= 0.6 is 0 Å². The molecule has 88 valence electrons. The van der Waals surface area contributed by atoms with E-state index in [1.54, 1.807) is 6.20 Å². The Morgan fingerprint density at radius 3 is 2.44 bits per heavy atom. The molecule has 2 heterocycles. The summed E-state index contributed by atoms with van der Waals surface area (Å²) in [5.41, 5.74) is 2.77. The van der Waals surface area contributed by atoms with E-state index in [0.717, 1.165) is 17.1 Å². The van der Waals surface area contributed by atoms with E-state index in [0.29, 0.717) is 0 Å². The van der Waals surface area contributed by atoms with Crippen LogP contribution in [0.1, 0.15) is 26.5 Å². The smallest absolute Gasteiger partial charge is 0.0494 e. The Kier molecular flexibility index (Phi) is 4.03. The number of rotatable bonds is 1. The molecule has 0 amide bonds. The van der Waals surface area contributed by atoms with Gasteiger partial charge in [-0.1, -0.05) is 38.6 Å². The summed E-state index contributed by atoms with van der Waals surface area (Å²) in [7, 11) is 0. The number of hydrogen-bond acceptors (Lipinski definition) is 2. The number of hydrogen-bond donors (Lipinski definition) is 0. The minimum Gasteiger partial charge on any atom is -0.573 e. The molecule has 2 aromatic heterocycles. The maximum absolute atomic E-state index is 4.24. The zero-order chi connectivity index (χ0) is 10.9. The van der Waals surface area contributed by atoms with Crippen molar-refractivity contribution in [2.45, 2.75) is 26.2 Å². The average molecular weight is 395 g/mol. The van der Waals surface area contributed by atoms with Gasteiger partial charge in [-0.15, -0.1) is 0 Å². The standard InChI is InChI=1S/C12H14N3.Pt/c1-12(2,3)11-8-10(14-15-11)9-6-4-5-7-13-9;/h4-8H,1-3H3;/q-1;. The van der Waals surface area contributed by atoms with Crippen molar-refractivity contribution >= 4 is 0 Å². The minimum atomic E-state index is 0. The average Bonchev–Trinajstić information content (AvgIpc) is 2.67. The van der Waals surface area contributed by atoms with Crippen LogP contribution in [-0.4, -0.2) is 10.1 Å². The number of pyridine rings is 1. The quantitative estimate of drug-likeness (QED) is 0.745. The van der Waals surface area contributed by atoms with Gasteiger partial charge in [-0.2, -0.15) is 0 Å². The summed E-state index contributed by atoms with van der Waals surface area (Å²) in [6.45, 7) is 6.37. The van der Waals surface area contributed by atoms with Crippen LogP contribution < -0.4 is 5.10 Å². The molecule has 0 fully saturated rings. The fraction of sp³-hybridized carbons (Fsp3) is 0.333. The Labute approximate surface area is 110 Å². The number of nitrogens with zero attached hydrogens (tertiary/aromatic N) is 3. The molecule has 0 aliphatic carbocycles. The molecule has 2 aromatic rings. The zero-order valence-electron chi connectivity index (χ0n) is 9.54. The molecule has 0 atom stereocenters. The number of aromatic nitrogens is 3. The van der Waals surface area contributed by atoms with Crippen molar-refractivity contribution in [3.63, 3.8) is 0 Å². The normalized spacial score (nSPS) is 10.9. The molecule has 0 saturated carbocycles. The molecule has 4 heteroatoms. The van der Waals surface area contributed by atoms with Gasteiger partial charge >= 0.3 is 0 Å². The Morgan fingerprint density at radius 1 is 1.19 bits per heavy atom. The summed E-state index contributed by atoms with van der Waals surface area (Å²) in [4.78, 5) is 4.24. The first kappa shape index (κ1) is 13.1. The molecule has 3 nitrogen and oxygen atoms in total. The molecule has 0 aliphatic rings. The van der Waals surface area contributed by atoms with E-state index >= 15 is 0 Å². The van der Waals surface area contributed by atoms with Crippen LogP contribution in [0.2, 0.25) is 0 Å². The molecule has 16 heavy (non-hydrogen) atoms. The summed E-state index contributed by atoms with van der Waals surface area (Å²) in [6.07, 6.45) is 1.76. The first-order chi connectivity index (χ1) is 7.07. The van der Waals surface area contributed by atoms with Crippen LogP contribution in [0.15, 0.2) is 30.5 Å². The van der Waals surface area contributed by atoms with Gasteiger partial charge in [-0.25, -0.2) is 0 Å². The van der Waals surface area contributed by atoms with Crippen molar-refractivity contribution in [3.05, 3.63) is 36.2 Å². The molecule has 0 unspecified atom stereocenters. The fourth-order valence-electron chi connectivity index (χ4n) is 1.30. The van der Waals surface area contributed by atoms with E-state index in [1.165, 1.54) is 0 Å². The van der Waals surface area contributed by atoms with Crippen LogP contribution in [0.5, 0.6) is 0 Å². The first-order valence-electron chi connectivity index (χ1n) is 5.00. The molecular formula is C12H14N3Pt-. The van der Waals surface area contributed by atoms with E-state index in [-0.39, 0.29) is 26.5 Å². The third-order valence-electron chi connectivity index (χ3n) is 2.23. The van der Waals surface area contributed by atoms with E-state index in [9.17, 15) is 0 Å². The molecule has 0 radical (unpaired) electrons. The van der Waals surface area contributed by atoms with Gasteiger partial charge in [0.15, 0.2) is 0 Å². The van der Waals surface area contributed by atoms with Crippen molar-refractivity contribution < 1.29 is 21.1 Å². The van der Waals surface area contributed by atoms with Gasteiger partial charge in [-0.3, -0.25) is 4.98 Å². The van der Waals surface area contributed by atoms with Gasteiger partial charge in [0.25, 0.3) is 0 Å². The minimum absolute atomic E-state index is 0. The van der Waals surface area contributed by atoms with Crippen LogP contribution in [0.3, 0.4) is 0 Å². The SMILES string of the molecule is CC(C)(C)c1cc(-c2ccccn2)[n-]n1.[Pt]. The van der Waals surface area contributed by atoms with E-state index in [4.69, 9.17) is 0 Å². The predicted molar refractivity (Wildman–Crippen MR) is 59.5 cm³/mol. The van der Waals surface area contributed by atoms with Crippen molar-refractivity contribution in [2.24, 2.45) is 0 Å². The van der Waals surface area contributed by atoms with Crippen LogP contribution in [-0.2, 0) is 26.5 Å². The van der Waals surface area contributed by atoms with Gasteiger partial charge in [-0.05, 0) is 12.1 Å². The molecule has 0 spiro atoms. The zero-order valence-corrected chi connectivity index (χ0v) is 11.8. The first-order valence-corrected chi connectivity index (χ1v) is 5.00. The summed E-state index contributed by atoms with van der Waals surface area (Å²) in [6, 6.07) is 7.79. The second-order valence-corrected chi connectivity index (χ2v) is 4.58. The maximum atomic E-state index is 4.24. The van der Waals surface area contributed by atoms with E-state index < -0.39 is 0 Å². The summed E-state index contributed by atoms with van der Waals surface area (Å²) >= 11 is 0. The largest absolute Gasteiger partial charge is 0.573 e. The fourth-order valence-corrected chi connectivity index (χ4v) is 1.30. The van der Waals surface area contributed by atoms with E-state index in [1.807, 2.05) is 24.3 Å². The maximum Gasteiger partial charge on any atom is 0.0494 e. The molecule has 0 aliphatic heterocycles. The molecule has 0 aromatic carbocycles.